The van der Waals surface area contributed by atoms with Crippen LogP contribution >= 0.6 is 0 Å². The Morgan fingerprint density at radius 2 is 1.77 bits per heavy atom. The van der Waals surface area contributed by atoms with E-state index in [1.54, 1.807) is 13.8 Å². The van der Waals surface area contributed by atoms with Crippen molar-refractivity contribution in [3.8, 4) is 5.75 Å². The fourth-order valence-corrected chi connectivity index (χ4v) is 3.61. The first kappa shape index (κ1) is 23.9. The maximum atomic E-state index is 12.7. The number of benzene rings is 1. The van der Waals surface area contributed by atoms with Gasteiger partial charge >= 0.3 is 6.36 Å². The molecule has 0 fully saturated rings. The van der Waals surface area contributed by atoms with E-state index in [9.17, 15) is 31.2 Å². The van der Waals surface area contributed by atoms with Gasteiger partial charge in [-0.05, 0) is 44.2 Å². The molecule has 0 spiro atoms. The Morgan fingerprint density at radius 1 is 1.16 bits per heavy atom. The number of amides is 2. The van der Waals surface area contributed by atoms with Crippen molar-refractivity contribution in [2.45, 2.75) is 36.0 Å². The van der Waals surface area contributed by atoms with Crippen LogP contribution in [0, 0.1) is 0 Å². The van der Waals surface area contributed by atoms with Crippen molar-refractivity contribution in [3.63, 3.8) is 0 Å². The van der Waals surface area contributed by atoms with E-state index in [0.29, 0.717) is 0 Å². The number of rotatable bonds is 7. The average molecular weight is 460 g/mol. The molecule has 9 nitrogen and oxygen atoms in total. The van der Waals surface area contributed by atoms with Gasteiger partial charge < -0.3 is 21.1 Å². The molecule has 0 radical (unpaired) electrons. The third-order valence-corrected chi connectivity index (χ3v) is 5.38. The van der Waals surface area contributed by atoms with Crippen LogP contribution in [-0.4, -0.2) is 44.2 Å². The van der Waals surface area contributed by atoms with Gasteiger partial charge in [0.15, 0.2) is 5.69 Å². The van der Waals surface area contributed by atoms with Gasteiger partial charge in [0.05, 0.1) is 22.0 Å². The molecule has 1 heterocycles. The summed E-state index contributed by atoms with van der Waals surface area (Å²) >= 11 is 0. The second-order valence-electron chi connectivity index (χ2n) is 6.54. The third-order valence-electron chi connectivity index (χ3n) is 3.64. The Hall–Kier alpha value is -3.35. The van der Waals surface area contributed by atoms with Crippen LogP contribution in [-0.2, 0) is 14.6 Å². The fourth-order valence-electron chi connectivity index (χ4n) is 2.37. The fraction of sp³-hybridized carbons (Fsp3) is 0.278. The minimum atomic E-state index is -4.91. The minimum Gasteiger partial charge on any atom is -0.406 e. The van der Waals surface area contributed by atoms with E-state index in [-0.39, 0.29) is 33.8 Å². The van der Waals surface area contributed by atoms with E-state index >= 15 is 0 Å². The lowest BCUT2D eigenvalue weighted by molar-refractivity contribution is -0.274. The average Bonchev–Trinajstić information content (AvgIpc) is 2.64. The predicted octanol–water partition coefficient (Wildman–Crippen LogP) is 1.65. The molecule has 0 aliphatic carbocycles. The number of carbonyl (C=O) groups is 2. The molecule has 0 saturated heterocycles. The van der Waals surface area contributed by atoms with Crippen molar-refractivity contribution in [1.82, 2.24) is 15.6 Å². The molecule has 2 amide bonds. The van der Waals surface area contributed by atoms with Gasteiger partial charge in [0.1, 0.15) is 5.75 Å². The molecule has 0 saturated carbocycles. The number of nitrogens with one attached hydrogen (secondary N) is 2. The number of nitrogens with two attached hydrogens (primary N) is 1. The van der Waals surface area contributed by atoms with E-state index in [1.807, 2.05) is 0 Å². The van der Waals surface area contributed by atoms with Crippen LogP contribution in [0.25, 0.3) is 0 Å². The second-order valence-corrected chi connectivity index (χ2v) is 8.49. The maximum Gasteiger partial charge on any atom is 0.573 e. The number of carbonyl (C=O) groups excluding carboxylic acids is 2. The molecule has 168 valence electrons. The Balaban J connectivity index is 2.17. The number of ether oxygens (including phenoxy) is 1. The number of aromatic nitrogens is 1. The number of pyridine rings is 1. The van der Waals surface area contributed by atoms with Crippen LogP contribution < -0.4 is 21.1 Å². The quantitative estimate of drug-likeness (QED) is 0.571. The molecular formula is C18H19F3N4O5S. The molecule has 0 atom stereocenters. The molecule has 31 heavy (non-hydrogen) atoms. The van der Waals surface area contributed by atoms with Gasteiger partial charge in [-0.2, -0.15) is 0 Å². The number of hydrogen-bond acceptors (Lipinski definition) is 7. The molecule has 0 aliphatic rings. The van der Waals surface area contributed by atoms with Gasteiger partial charge in [0, 0.05) is 12.2 Å². The van der Waals surface area contributed by atoms with E-state index < -0.39 is 33.8 Å². The normalized spacial score (nSPS) is 11.8. The smallest absolute Gasteiger partial charge is 0.406 e. The first-order chi connectivity index (χ1) is 14.3. The van der Waals surface area contributed by atoms with Crippen molar-refractivity contribution in [1.29, 1.82) is 0 Å². The number of halogens is 3. The highest BCUT2D eigenvalue weighted by molar-refractivity contribution is 7.91. The standard InChI is InChI=1S/C18H19F3N4O5S/c1-10(2)25-15(26)9-24-17(27)16-14(22)7-13(8-23-16)31(28,29)12-5-3-11(4-6-12)30-18(19,20)21/h3-8,10H,9,22H2,1-2H3,(H,24,27)(H,25,26). The minimum absolute atomic E-state index is 0.119. The summed E-state index contributed by atoms with van der Waals surface area (Å²) < 4.78 is 65.7. The zero-order valence-corrected chi connectivity index (χ0v) is 17.2. The molecule has 13 heteroatoms. The molecule has 4 N–H and O–H groups in total. The summed E-state index contributed by atoms with van der Waals surface area (Å²) in [7, 11) is -4.18. The summed E-state index contributed by atoms with van der Waals surface area (Å²) in [4.78, 5) is 26.8. The van der Waals surface area contributed by atoms with Gasteiger partial charge in [-0.1, -0.05) is 0 Å². The lowest BCUT2D eigenvalue weighted by atomic mass is 10.3. The highest BCUT2D eigenvalue weighted by Gasteiger charge is 2.31. The summed E-state index contributed by atoms with van der Waals surface area (Å²) in [6, 6.07) is 4.43. The van der Waals surface area contributed by atoms with Crippen LogP contribution in [0.3, 0.4) is 0 Å². The number of anilines is 1. The highest BCUT2D eigenvalue weighted by atomic mass is 32.2. The Kier molecular flexibility index (Phi) is 7.10. The van der Waals surface area contributed by atoms with Gasteiger partial charge in [0.2, 0.25) is 15.7 Å². The van der Waals surface area contributed by atoms with Crippen LogP contribution in [0.15, 0.2) is 46.3 Å². The van der Waals surface area contributed by atoms with E-state index in [0.717, 1.165) is 36.5 Å². The van der Waals surface area contributed by atoms with Gasteiger partial charge in [-0.15, -0.1) is 13.2 Å². The van der Waals surface area contributed by atoms with Gasteiger partial charge in [0.25, 0.3) is 5.91 Å². The summed E-state index contributed by atoms with van der Waals surface area (Å²) in [6.07, 6.45) is -4.03. The Morgan fingerprint density at radius 3 is 2.29 bits per heavy atom. The maximum absolute atomic E-state index is 12.7. The molecule has 1 aromatic carbocycles. The first-order valence-corrected chi connectivity index (χ1v) is 10.2. The molecule has 0 unspecified atom stereocenters. The zero-order valence-electron chi connectivity index (χ0n) is 16.4. The number of nitrogen functional groups attached to an aromatic ring is 1. The molecule has 2 aromatic rings. The molecule has 0 aliphatic heterocycles. The molecule has 2 rings (SSSR count). The highest BCUT2D eigenvalue weighted by Crippen LogP contribution is 2.27. The van der Waals surface area contributed by atoms with Crippen molar-refractivity contribution in [2.75, 3.05) is 12.3 Å². The summed E-state index contributed by atoms with van der Waals surface area (Å²) in [5, 5.41) is 4.88. The van der Waals surface area contributed by atoms with E-state index in [4.69, 9.17) is 5.73 Å². The Bertz CT molecular complexity index is 1070. The first-order valence-electron chi connectivity index (χ1n) is 8.73. The van der Waals surface area contributed by atoms with E-state index in [2.05, 4.69) is 20.4 Å². The van der Waals surface area contributed by atoms with Crippen molar-refractivity contribution < 1.29 is 35.9 Å². The lowest BCUT2D eigenvalue weighted by Gasteiger charge is -2.11. The molecular weight excluding hydrogens is 441 g/mol. The van der Waals surface area contributed by atoms with Crippen molar-refractivity contribution in [3.05, 3.63) is 42.2 Å². The van der Waals surface area contributed by atoms with Crippen molar-refractivity contribution in [2.24, 2.45) is 0 Å². The number of nitrogens with zero attached hydrogens (tertiary/aromatic N) is 1. The second kappa shape index (κ2) is 9.20. The largest absolute Gasteiger partial charge is 0.573 e. The van der Waals surface area contributed by atoms with Gasteiger partial charge in [-0.3, -0.25) is 9.59 Å². The monoisotopic (exact) mass is 460 g/mol. The third kappa shape index (κ3) is 6.57. The molecule has 0 bridgehead atoms. The van der Waals surface area contributed by atoms with Crippen LogP contribution in [0.4, 0.5) is 18.9 Å². The predicted molar refractivity (Wildman–Crippen MR) is 103 cm³/mol. The SMILES string of the molecule is CC(C)NC(=O)CNC(=O)c1ncc(S(=O)(=O)c2ccc(OC(F)(F)F)cc2)cc1N. The summed E-state index contributed by atoms with van der Waals surface area (Å²) in [6.45, 7) is 3.16. The Labute approximate surface area is 175 Å². The number of hydrogen-bond donors (Lipinski definition) is 3. The number of alkyl halides is 3. The van der Waals surface area contributed by atoms with Crippen molar-refractivity contribution >= 4 is 27.3 Å². The van der Waals surface area contributed by atoms with Crippen LogP contribution in [0.1, 0.15) is 24.3 Å². The summed E-state index contributed by atoms with van der Waals surface area (Å²) in [5.74, 6) is -1.80. The van der Waals surface area contributed by atoms with Gasteiger partial charge in [-0.25, -0.2) is 13.4 Å². The number of sulfone groups is 1. The topological polar surface area (TPSA) is 140 Å². The lowest BCUT2D eigenvalue weighted by Crippen LogP contribution is -2.40. The molecule has 1 aromatic heterocycles. The van der Waals surface area contributed by atoms with Crippen LogP contribution in [0.2, 0.25) is 0 Å². The van der Waals surface area contributed by atoms with Crippen LogP contribution in [0.5, 0.6) is 5.75 Å². The summed E-state index contributed by atoms with van der Waals surface area (Å²) in [5.41, 5.74) is 5.19. The van der Waals surface area contributed by atoms with E-state index in [1.165, 1.54) is 0 Å². The zero-order chi connectivity index (χ0) is 23.4.